The molecule has 1 aliphatic rings. The van der Waals surface area contributed by atoms with Gasteiger partial charge in [0.05, 0.1) is 0 Å². The van der Waals surface area contributed by atoms with Crippen molar-refractivity contribution in [2.24, 2.45) is 0 Å². The number of pyridine rings is 1. The van der Waals surface area contributed by atoms with E-state index in [1.54, 1.807) is 12.1 Å². The molecule has 1 aromatic rings. The maximum Gasteiger partial charge on any atom is 0.251 e. The Kier molecular flexibility index (Phi) is 4.72. The van der Waals surface area contributed by atoms with Crippen molar-refractivity contribution in [2.45, 2.75) is 19.4 Å². The number of hydrogen-bond donors (Lipinski definition) is 2. The number of halogens is 1. The number of nitrogens with zero attached hydrogens (tertiary/aromatic N) is 1. The minimum Gasteiger partial charge on any atom is -0.370 e. The molecule has 0 spiro atoms. The zero-order valence-electron chi connectivity index (χ0n) is 10.2. The van der Waals surface area contributed by atoms with E-state index in [0.29, 0.717) is 16.5 Å². The third-order valence-electron chi connectivity index (χ3n) is 2.68. The first-order valence-corrected chi connectivity index (χ1v) is 7.52. The van der Waals surface area contributed by atoms with Gasteiger partial charge in [0, 0.05) is 23.9 Å². The van der Waals surface area contributed by atoms with Crippen LogP contribution in [-0.4, -0.2) is 35.0 Å². The molecule has 1 unspecified atom stereocenters. The van der Waals surface area contributed by atoms with E-state index in [4.69, 9.17) is 11.6 Å². The number of rotatable bonds is 4. The fourth-order valence-corrected chi connectivity index (χ4v) is 3.18. The van der Waals surface area contributed by atoms with E-state index < -0.39 is 0 Å². The van der Waals surface area contributed by atoms with Crippen molar-refractivity contribution in [3.63, 3.8) is 0 Å². The minimum atomic E-state index is -0.0778. The van der Waals surface area contributed by atoms with Crippen LogP contribution in [0.15, 0.2) is 12.1 Å². The molecule has 6 heteroatoms. The van der Waals surface area contributed by atoms with Crippen LogP contribution in [0.4, 0.5) is 5.82 Å². The molecule has 1 amide bonds. The van der Waals surface area contributed by atoms with Crippen LogP contribution in [0.2, 0.25) is 5.15 Å². The maximum atomic E-state index is 12.1. The predicted octanol–water partition coefficient (Wildman–Crippen LogP) is 2.40. The summed E-state index contributed by atoms with van der Waals surface area (Å²) in [5.41, 5.74) is 0.558. The average molecular weight is 286 g/mol. The fraction of sp³-hybridized carbons (Fsp3) is 0.500. The van der Waals surface area contributed by atoms with E-state index in [0.717, 1.165) is 24.5 Å². The first kappa shape index (κ1) is 13.5. The summed E-state index contributed by atoms with van der Waals surface area (Å²) >= 11 is 7.78. The lowest BCUT2D eigenvalue weighted by Gasteiger charge is -2.12. The summed E-state index contributed by atoms with van der Waals surface area (Å²) in [4.78, 5) is 16.2. The molecule has 4 nitrogen and oxygen atoms in total. The van der Waals surface area contributed by atoms with Crippen LogP contribution in [0.25, 0.3) is 0 Å². The van der Waals surface area contributed by atoms with Gasteiger partial charge in [-0.25, -0.2) is 4.98 Å². The summed E-state index contributed by atoms with van der Waals surface area (Å²) in [5.74, 6) is 2.66. The summed E-state index contributed by atoms with van der Waals surface area (Å²) in [6.07, 6.45) is 1.04. The van der Waals surface area contributed by atoms with Gasteiger partial charge in [0.15, 0.2) is 0 Å². The van der Waals surface area contributed by atoms with Crippen LogP contribution in [-0.2, 0) is 0 Å². The van der Waals surface area contributed by atoms with Crippen LogP contribution in [0, 0.1) is 0 Å². The van der Waals surface area contributed by atoms with Gasteiger partial charge in [0.25, 0.3) is 5.91 Å². The molecule has 2 rings (SSSR count). The molecule has 2 N–H and O–H groups in total. The second-order valence-electron chi connectivity index (χ2n) is 4.13. The number of amides is 1. The Morgan fingerprint density at radius 3 is 3.11 bits per heavy atom. The summed E-state index contributed by atoms with van der Waals surface area (Å²) in [6.45, 7) is 2.71. The average Bonchev–Trinajstić information content (AvgIpc) is 2.81. The van der Waals surface area contributed by atoms with Crippen molar-refractivity contribution in [3.8, 4) is 0 Å². The molecule has 0 aliphatic carbocycles. The molecule has 18 heavy (non-hydrogen) atoms. The highest BCUT2D eigenvalue weighted by Crippen LogP contribution is 2.19. The highest BCUT2D eigenvalue weighted by atomic mass is 35.5. The second kappa shape index (κ2) is 6.29. The Hall–Kier alpha value is -0.940. The maximum absolute atomic E-state index is 12.1. The van der Waals surface area contributed by atoms with E-state index in [9.17, 15) is 4.79 Å². The largest absolute Gasteiger partial charge is 0.370 e. The predicted molar refractivity (Wildman–Crippen MR) is 76.6 cm³/mol. The lowest BCUT2D eigenvalue weighted by Crippen LogP contribution is -2.34. The molecule has 1 fully saturated rings. The molecule has 2 heterocycles. The molecular formula is C12H16ClN3OS. The number of carbonyl (C=O) groups excluding carboxylic acids is 1. The summed E-state index contributed by atoms with van der Waals surface area (Å²) < 4.78 is 0. The van der Waals surface area contributed by atoms with Gasteiger partial charge < -0.3 is 10.6 Å². The van der Waals surface area contributed by atoms with E-state index in [-0.39, 0.29) is 11.9 Å². The number of thioether (sulfide) groups is 1. The Morgan fingerprint density at radius 1 is 1.61 bits per heavy atom. The second-order valence-corrected chi connectivity index (χ2v) is 5.67. The summed E-state index contributed by atoms with van der Waals surface area (Å²) in [7, 11) is 0. The lowest BCUT2D eigenvalue weighted by molar-refractivity contribution is 0.0941. The van der Waals surface area contributed by atoms with Crippen molar-refractivity contribution in [1.82, 2.24) is 10.3 Å². The monoisotopic (exact) mass is 285 g/mol. The molecular weight excluding hydrogens is 270 g/mol. The molecule has 1 saturated heterocycles. The van der Waals surface area contributed by atoms with Crippen molar-refractivity contribution >= 4 is 35.1 Å². The molecule has 1 aliphatic heterocycles. The Balaban J connectivity index is 2.08. The van der Waals surface area contributed by atoms with E-state index in [1.807, 2.05) is 18.7 Å². The first-order valence-electron chi connectivity index (χ1n) is 5.99. The molecule has 0 saturated carbocycles. The zero-order valence-corrected chi connectivity index (χ0v) is 11.8. The van der Waals surface area contributed by atoms with Crippen molar-refractivity contribution in [1.29, 1.82) is 0 Å². The van der Waals surface area contributed by atoms with E-state index >= 15 is 0 Å². The van der Waals surface area contributed by atoms with Gasteiger partial charge in [-0.2, -0.15) is 11.8 Å². The number of aromatic nitrogens is 1. The third kappa shape index (κ3) is 3.53. The Bertz CT molecular complexity index is 435. The first-order chi connectivity index (χ1) is 8.69. The lowest BCUT2D eigenvalue weighted by atomic mass is 10.2. The van der Waals surface area contributed by atoms with Gasteiger partial charge in [-0.1, -0.05) is 11.6 Å². The van der Waals surface area contributed by atoms with Crippen LogP contribution < -0.4 is 10.6 Å². The third-order valence-corrected chi connectivity index (χ3v) is 4.04. The molecule has 0 radical (unpaired) electrons. The van der Waals surface area contributed by atoms with Gasteiger partial charge in [0.2, 0.25) is 0 Å². The zero-order chi connectivity index (χ0) is 13.0. The van der Waals surface area contributed by atoms with Crippen LogP contribution >= 0.6 is 23.4 Å². The van der Waals surface area contributed by atoms with Crippen LogP contribution in [0.1, 0.15) is 23.7 Å². The highest BCUT2D eigenvalue weighted by molar-refractivity contribution is 7.99. The van der Waals surface area contributed by atoms with Gasteiger partial charge in [-0.3, -0.25) is 4.79 Å². The van der Waals surface area contributed by atoms with Gasteiger partial charge in [-0.15, -0.1) is 0 Å². The van der Waals surface area contributed by atoms with Crippen LogP contribution in [0.3, 0.4) is 0 Å². The number of nitrogens with one attached hydrogen (secondary N) is 2. The minimum absolute atomic E-state index is 0.0778. The van der Waals surface area contributed by atoms with Crippen molar-refractivity contribution in [2.75, 3.05) is 23.4 Å². The standard InChI is InChI=1S/C12H16ClN3OS/c1-2-14-11-6-8(5-10(13)16-11)12(17)15-9-3-4-18-7-9/h5-6,9H,2-4,7H2,1H3,(H,14,16)(H,15,17). The van der Waals surface area contributed by atoms with Gasteiger partial charge in [0.1, 0.15) is 11.0 Å². The Morgan fingerprint density at radius 2 is 2.44 bits per heavy atom. The summed E-state index contributed by atoms with van der Waals surface area (Å²) in [5, 5.41) is 6.41. The van der Waals surface area contributed by atoms with Crippen molar-refractivity contribution in [3.05, 3.63) is 22.8 Å². The molecule has 1 aromatic heterocycles. The number of hydrogen-bond acceptors (Lipinski definition) is 4. The van der Waals surface area contributed by atoms with Gasteiger partial charge in [-0.05, 0) is 31.2 Å². The number of carbonyl (C=O) groups is 1. The Labute approximate surface area is 116 Å². The molecule has 1 atom stereocenters. The van der Waals surface area contributed by atoms with E-state index in [2.05, 4.69) is 15.6 Å². The van der Waals surface area contributed by atoms with Crippen LogP contribution in [0.5, 0.6) is 0 Å². The topological polar surface area (TPSA) is 54.0 Å². The van der Waals surface area contributed by atoms with E-state index in [1.165, 1.54) is 0 Å². The molecule has 0 bridgehead atoms. The normalized spacial score (nSPS) is 18.7. The highest BCUT2D eigenvalue weighted by Gasteiger charge is 2.19. The number of anilines is 1. The van der Waals surface area contributed by atoms with Gasteiger partial charge >= 0.3 is 0 Å². The summed E-state index contributed by atoms with van der Waals surface area (Å²) in [6, 6.07) is 3.60. The molecule has 98 valence electrons. The molecule has 0 aromatic carbocycles. The fourth-order valence-electron chi connectivity index (χ4n) is 1.82. The SMILES string of the molecule is CCNc1cc(C(=O)NC2CCSC2)cc(Cl)n1. The quantitative estimate of drug-likeness (QED) is 0.834. The smallest absolute Gasteiger partial charge is 0.251 e. The van der Waals surface area contributed by atoms with Crippen molar-refractivity contribution < 1.29 is 4.79 Å².